The van der Waals surface area contributed by atoms with Gasteiger partial charge in [0.1, 0.15) is 11.5 Å². The highest BCUT2D eigenvalue weighted by atomic mass is 16.6. The van der Waals surface area contributed by atoms with Crippen LogP contribution in [-0.2, 0) is 25.5 Å². The Kier molecular flexibility index (Phi) is 10.5. The Balaban J connectivity index is 2.60. The van der Waals surface area contributed by atoms with E-state index in [1.54, 1.807) is 0 Å². The van der Waals surface area contributed by atoms with Crippen LogP contribution in [0.5, 0.6) is 11.5 Å². The Bertz CT molecular complexity index is 828. The van der Waals surface area contributed by atoms with Crippen molar-refractivity contribution in [1.29, 1.82) is 0 Å². The molecule has 0 aromatic heterocycles. The van der Waals surface area contributed by atoms with Gasteiger partial charge in [-0.05, 0) is 63.1 Å². The molecular weight excluding hydrogens is 420 g/mol. The minimum absolute atomic E-state index is 0.0405. The lowest BCUT2D eigenvalue weighted by Crippen LogP contribution is -2.21. The van der Waals surface area contributed by atoms with E-state index in [-0.39, 0.29) is 25.0 Å². The molecule has 6 heteroatoms. The van der Waals surface area contributed by atoms with Crippen molar-refractivity contribution in [2.45, 2.75) is 65.2 Å². The second-order valence-electron chi connectivity index (χ2n) is 8.72. The molecule has 1 aromatic rings. The van der Waals surface area contributed by atoms with Crippen LogP contribution in [-0.4, -0.2) is 39.4 Å². The fourth-order valence-electron chi connectivity index (χ4n) is 4.24. The Labute approximate surface area is 197 Å². The summed E-state index contributed by atoms with van der Waals surface area (Å²) in [5.74, 6) is 0.400. The van der Waals surface area contributed by atoms with Crippen molar-refractivity contribution in [3.63, 3.8) is 0 Å². The maximum atomic E-state index is 11.9. The summed E-state index contributed by atoms with van der Waals surface area (Å²) in [7, 11) is 2.67. The Morgan fingerprint density at radius 2 is 1.61 bits per heavy atom. The fourth-order valence-corrected chi connectivity index (χ4v) is 4.24. The molecule has 0 N–H and O–H groups in total. The molecule has 0 bridgehead atoms. The van der Waals surface area contributed by atoms with Gasteiger partial charge in [-0.2, -0.15) is 0 Å². The topological polar surface area (TPSA) is 71.1 Å². The largest absolute Gasteiger partial charge is 0.481 e. The zero-order chi connectivity index (χ0) is 24.4. The van der Waals surface area contributed by atoms with Crippen molar-refractivity contribution in [3.05, 3.63) is 47.1 Å². The Morgan fingerprint density at radius 1 is 1.03 bits per heavy atom. The molecule has 0 amide bonds. The molecule has 2 rings (SSSR count). The van der Waals surface area contributed by atoms with Gasteiger partial charge in [0.25, 0.3) is 0 Å². The summed E-state index contributed by atoms with van der Waals surface area (Å²) in [5, 5.41) is 0. The van der Waals surface area contributed by atoms with Crippen LogP contribution in [0.2, 0.25) is 0 Å². The van der Waals surface area contributed by atoms with E-state index < -0.39 is 11.9 Å². The quantitative estimate of drug-likeness (QED) is 0.233. The van der Waals surface area contributed by atoms with E-state index >= 15 is 0 Å². The van der Waals surface area contributed by atoms with Gasteiger partial charge in [-0.1, -0.05) is 43.6 Å². The van der Waals surface area contributed by atoms with Gasteiger partial charge in [-0.25, -0.2) is 9.59 Å². The van der Waals surface area contributed by atoms with E-state index in [0.29, 0.717) is 11.5 Å². The van der Waals surface area contributed by atoms with Crippen molar-refractivity contribution in [2.75, 3.05) is 27.4 Å². The predicted molar refractivity (Wildman–Crippen MR) is 129 cm³/mol. The monoisotopic (exact) mass is 458 g/mol. The first-order valence-corrected chi connectivity index (χ1v) is 11.7. The van der Waals surface area contributed by atoms with E-state index in [9.17, 15) is 9.59 Å². The number of unbranched alkanes of at least 4 members (excludes halogenated alkanes) is 2. The third-order valence-corrected chi connectivity index (χ3v) is 6.09. The SMILES string of the molecule is C=C(C)[C@@H]1CCC(C)=CC1c1c(OCC(=O)OC)cc(CCCCC)cc1OCC(=O)OC. The van der Waals surface area contributed by atoms with E-state index in [2.05, 4.69) is 26.5 Å². The van der Waals surface area contributed by atoms with E-state index in [1.165, 1.54) is 19.8 Å². The van der Waals surface area contributed by atoms with Crippen molar-refractivity contribution in [3.8, 4) is 11.5 Å². The molecule has 0 aliphatic heterocycles. The van der Waals surface area contributed by atoms with Crippen LogP contribution in [0.15, 0.2) is 35.9 Å². The summed E-state index contributed by atoms with van der Waals surface area (Å²) in [6.45, 7) is 10.1. The van der Waals surface area contributed by atoms with E-state index in [4.69, 9.17) is 18.9 Å². The number of rotatable bonds is 12. The number of allylic oxidation sites excluding steroid dienone is 3. The molecule has 0 radical (unpaired) electrons. The second kappa shape index (κ2) is 13.1. The molecule has 1 aliphatic carbocycles. The van der Waals surface area contributed by atoms with Crippen molar-refractivity contribution in [1.82, 2.24) is 0 Å². The molecule has 6 nitrogen and oxygen atoms in total. The van der Waals surface area contributed by atoms with Gasteiger partial charge >= 0.3 is 11.9 Å². The van der Waals surface area contributed by atoms with E-state index in [0.717, 1.165) is 55.2 Å². The lowest BCUT2D eigenvalue weighted by atomic mass is 9.73. The second-order valence-corrected chi connectivity index (χ2v) is 8.72. The smallest absolute Gasteiger partial charge is 0.343 e. The summed E-state index contributed by atoms with van der Waals surface area (Å²) < 4.78 is 21.6. The van der Waals surface area contributed by atoms with Crippen LogP contribution >= 0.6 is 0 Å². The van der Waals surface area contributed by atoms with Crippen LogP contribution < -0.4 is 9.47 Å². The number of benzene rings is 1. The maximum absolute atomic E-state index is 11.9. The molecular formula is C27H38O6. The lowest BCUT2D eigenvalue weighted by Gasteiger charge is -2.33. The standard InChI is InChI=1S/C27H38O6/c1-7-8-9-10-20-14-23(32-16-25(28)30-5)27(24(15-20)33-17-26(29)31-6)22-13-19(4)11-12-21(22)18(2)3/h13-15,21-22H,2,7-12,16-17H2,1,3-6H3/t21-,22?/m0/s1. The average Bonchev–Trinajstić information content (AvgIpc) is 2.80. The van der Waals surface area contributed by atoms with Gasteiger partial charge in [-0.3, -0.25) is 0 Å². The first kappa shape index (κ1) is 26.5. The van der Waals surface area contributed by atoms with Gasteiger partial charge in [0.15, 0.2) is 13.2 Å². The van der Waals surface area contributed by atoms with Gasteiger partial charge in [0.05, 0.1) is 14.2 Å². The highest BCUT2D eigenvalue weighted by Crippen LogP contribution is 2.47. The minimum Gasteiger partial charge on any atom is -0.481 e. The predicted octanol–water partition coefficient (Wildman–Crippen LogP) is 5.54. The minimum atomic E-state index is -0.457. The average molecular weight is 459 g/mol. The maximum Gasteiger partial charge on any atom is 0.343 e. The molecule has 33 heavy (non-hydrogen) atoms. The zero-order valence-corrected chi connectivity index (χ0v) is 20.7. The molecule has 0 spiro atoms. The number of carbonyl (C=O) groups excluding carboxylic acids is 2. The molecule has 1 aromatic carbocycles. The molecule has 0 fully saturated rings. The van der Waals surface area contributed by atoms with Gasteiger partial charge in [0, 0.05) is 11.5 Å². The molecule has 1 aliphatic rings. The summed E-state index contributed by atoms with van der Waals surface area (Å²) in [4.78, 5) is 23.7. The zero-order valence-electron chi connectivity index (χ0n) is 20.7. The van der Waals surface area contributed by atoms with Crippen molar-refractivity contribution < 1.29 is 28.5 Å². The number of carbonyl (C=O) groups is 2. The Hall–Kier alpha value is -2.76. The molecule has 1 unspecified atom stereocenters. The van der Waals surface area contributed by atoms with Gasteiger partial charge < -0.3 is 18.9 Å². The highest BCUT2D eigenvalue weighted by molar-refractivity contribution is 5.72. The fraction of sp³-hybridized carbons (Fsp3) is 0.556. The summed E-state index contributed by atoms with van der Waals surface area (Å²) in [6.07, 6.45) is 8.29. The van der Waals surface area contributed by atoms with Crippen LogP contribution in [0, 0.1) is 5.92 Å². The molecule has 2 atom stereocenters. The van der Waals surface area contributed by atoms with Gasteiger partial charge in [-0.15, -0.1) is 0 Å². The number of hydrogen-bond acceptors (Lipinski definition) is 6. The Morgan fingerprint density at radius 3 is 2.09 bits per heavy atom. The normalized spacial score (nSPS) is 17.7. The summed E-state index contributed by atoms with van der Waals surface area (Å²) >= 11 is 0. The number of aryl methyl sites for hydroxylation is 1. The van der Waals surface area contributed by atoms with Crippen LogP contribution in [0.4, 0.5) is 0 Å². The molecule has 0 heterocycles. The van der Waals surface area contributed by atoms with Crippen LogP contribution in [0.1, 0.15) is 69.9 Å². The third kappa shape index (κ3) is 7.65. The van der Waals surface area contributed by atoms with Gasteiger partial charge in [0.2, 0.25) is 0 Å². The number of esters is 2. The number of methoxy groups -OCH3 is 2. The first-order valence-electron chi connectivity index (χ1n) is 11.7. The van der Waals surface area contributed by atoms with Crippen LogP contribution in [0.3, 0.4) is 0 Å². The molecule has 0 saturated heterocycles. The molecule has 0 saturated carbocycles. The molecule has 182 valence electrons. The lowest BCUT2D eigenvalue weighted by molar-refractivity contribution is -0.143. The highest BCUT2D eigenvalue weighted by Gasteiger charge is 2.31. The number of ether oxygens (including phenoxy) is 4. The number of hydrogen-bond donors (Lipinski definition) is 0. The summed E-state index contributed by atoms with van der Waals surface area (Å²) in [5.41, 5.74) is 4.22. The first-order chi connectivity index (χ1) is 15.8. The third-order valence-electron chi connectivity index (χ3n) is 6.09. The summed E-state index contributed by atoms with van der Waals surface area (Å²) in [6, 6.07) is 3.98. The van der Waals surface area contributed by atoms with E-state index in [1.807, 2.05) is 19.1 Å². The van der Waals surface area contributed by atoms with Crippen molar-refractivity contribution >= 4 is 11.9 Å². The van der Waals surface area contributed by atoms with Crippen molar-refractivity contribution in [2.24, 2.45) is 5.92 Å². The van der Waals surface area contributed by atoms with Crippen LogP contribution in [0.25, 0.3) is 0 Å².